The molecule has 1 aromatic heterocycles. The van der Waals surface area contributed by atoms with Crippen LogP contribution in [-0.4, -0.2) is 34.8 Å². The first kappa shape index (κ1) is 16.1. The van der Waals surface area contributed by atoms with Crippen molar-refractivity contribution >= 4 is 28.3 Å². The minimum atomic E-state index is -1.57. The van der Waals surface area contributed by atoms with E-state index in [2.05, 4.69) is 15.0 Å². The van der Waals surface area contributed by atoms with Gasteiger partial charge in [-0.3, -0.25) is 0 Å². The molecule has 0 aromatic carbocycles. The quantitative estimate of drug-likeness (QED) is 0.331. The van der Waals surface area contributed by atoms with Crippen LogP contribution in [0.15, 0.2) is 16.0 Å². The third kappa shape index (κ3) is 5.33. The van der Waals surface area contributed by atoms with Crippen molar-refractivity contribution in [3.8, 4) is 0 Å². The number of nitrogens with two attached hydrogens (primary N) is 1. The zero-order valence-corrected chi connectivity index (χ0v) is 12.1. The number of ether oxygens (including phenoxy) is 1. The second-order valence-electron chi connectivity index (χ2n) is 4.73. The first-order valence-electron chi connectivity index (χ1n) is 5.55. The van der Waals surface area contributed by atoms with Crippen LogP contribution in [0.4, 0.5) is 0 Å². The average molecular weight is 301 g/mol. The Balaban J connectivity index is 2.66. The largest absolute Gasteiger partial charge is 0.543 e. The van der Waals surface area contributed by atoms with Crippen LogP contribution >= 0.6 is 10.7 Å². The van der Waals surface area contributed by atoms with Gasteiger partial charge in [-0.25, -0.2) is 4.79 Å². The molecule has 0 radical (unpaired) electrons. The molecule has 0 aliphatic carbocycles. The molecule has 0 aliphatic rings. The summed E-state index contributed by atoms with van der Waals surface area (Å²) in [5.41, 5.74) is 0.236. The summed E-state index contributed by atoms with van der Waals surface area (Å²) in [6.07, 6.45) is 0. The Hall–Kier alpha value is -2.00. The summed E-state index contributed by atoms with van der Waals surface area (Å²) < 4.78 is 4.96. The van der Waals surface area contributed by atoms with Crippen LogP contribution in [0.2, 0.25) is 0 Å². The molecule has 0 fully saturated rings. The first-order valence-corrected chi connectivity index (χ1v) is 6.96. The maximum absolute atomic E-state index is 11.3. The van der Waals surface area contributed by atoms with Crippen LogP contribution in [0.25, 0.3) is 0 Å². The number of oxime groups is 1. The van der Waals surface area contributed by atoms with E-state index in [0.29, 0.717) is 0 Å². The van der Waals surface area contributed by atoms with E-state index >= 15 is 0 Å². The Morgan fingerprint density at radius 3 is 2.60 bits per heavy atom. The molecule has 0 spiro atoms. The van der Waals surface area contributed by atoms with E-state index in [9.17, 15) is 14.7 Å². The van der Waals surface area contributed by atoms with E-state index in [1.54, 1.807) is 20.8 Å². The van der Waals surface area contributed by atoms with E-state index < -0.39 is 40.5 Å². The number of aliphatic carboxylic acids is 1. The highest BCUT2D eigenvalue weighted by Gasteiger charge is 2.18. The molecule has 1 heterocycles. The number of carboxylic acid groups (broad SMARTS) is 1. The number of carboxylic acids is 1. The van der Waals surface area contributed by atoms with Crippen molar-refractivity contribution in [2.45, 2.75) is 26.4 Å². The standard InChI is InChI=1S/C11H15N3O5S/c1-11(2,3)19-8(15)4-18-14-9(10(16)17)7-5-20(12)6-13-7/h5-6H,4,12H2,1-3H3. The Kier molecular flexibility index (Phi) is 5.17. The van der Waals surface area contributed by atoms with Crippen molar-refractivity contribution < 1.29 is 24.3 Å². The van der Waals surface area contributed by atoms with Gasteiger partial charge in [-0.05, 0) is 20.8 Å². The highest BCUT2D eigenvalue weighted by Crippen LogP contribution is 2.10. The van der Waals surface area contributed by atoms with Gasteiger partial charge in [0.25, 0.3) is 5.51 Å². The number of hydrogen-bond acceptors (Lipinski definition) is 8. The smallest absolute Gasteiger partial charge is 0.347 e. The monoisotopic (exact) mass is 301 g/mol. The number of aromatic nitrogens is 1. The van der Waals surface area contributed by atoms with Gasteiger partial charge in [0.15, 0.2) is 16.8 Å². The number of thiazole rings is 1. The van der Waals surface area contributed by atoms with Crippen LogP contribution in [-0.2, 0) is 19.2 Å². The molecule has 110 valence electrons. The number of nitrogens with zero attached hydrogens (tertiary/aromatic N) is 2. The Bertz CT molecular complexity index is 532. The summed E-state index contributed by atoms with van der Waals surface area (Å²) in [7, 11) is -0.741. The van der Waals surface area contributed by atoms with Crippen LogP contribution in [0.3, 0.4) is 0 Å². The molecule has 0 amide bonds. The SMILES string of the molecule is CC(C)(C)OC(=O)CON=C(C(=O)[O-])c1c[s+](N)cn1. The molecular weight excluding hydrogens is 286 g/mol. The van der Waals surface area contributed by atoms with Gasteiger partial charge >= 0.3 is 5.97 Å². The van der Waals surface area contributed by atoms with E-state index in [-0.39, 0.29) is 5.69 Å². The van der Waals surface area contributed by atoms with E-state index in [0.717, 1.165) is 0 Å². The first-order chi connectivity index (χ1) is 9.19. The average Bonchev–Trinajstić information content (AvgIpc) is 2.68. The summed E-state index contributed by atoms with van der Waals surface area (Å²) in [5, 5.41) is 21.2. The second kappa shape index (κ2) is 6.44. The fourth-order valence-corrected chi connectivity index (χ4v) is 1.86. The predicted octanol–water partition coefficient (Wildman–Crippen LogP) is -0.643. The molecule has 0 saturated heterocycles. The molecular formula is C11H15N3O5S. The maximum atomic E-state index is 11.3. The summed E-state index contributed by atoms with van der Waals surface area (Å²) in [6.45, 7) is 4.57. The van der Waals surface area contributed by atoms with Gasteiger partial charge in [0.05, 0.1) is 16.6 Å². The molecule has 8 nitrogen and oxygen atoms in total. The van der Waals surface area contributed by atoms with Gasteiger partial charge < -0.3 is 19.5 Å². The normalized spacial score (nSPS) is 13.0. The number of carbonyl (C=O) groups excluding carboxylic acids is 2. The van der Waals surface area contributed by atoms with Crippen molar-refractivity contribution in [3.63, 3.8) is 0 Å². The Morgan fingerprint density at radius 2 is 2.15 bits per heavy atom. The summed E-state index contributed by atoms with van der Waals surface area (Å²) >= 11 is 0. The van der Waals surface area contributed by atoms with E-state index in [1.165, 1.54) is 10.9 Å². The second-order valence-corrected chi connectivity index (χ2v) is 6.00. The van der Waals surface area contributed by atoms with E-state index in [1.807, 2.05) is 0 Å². The van der Waals surface area contributed by atoms with Gasteiger partial charge in [0.2, 0.25) is 6.61 Å². The van der Waals surface area contributed by atoms with Crippen molar-refractivity contribution in [2.75, 3.05) is 11.7 Å². The number of nitrogen functional groups attached to an aromatic ring is 1. The lowest BCUT2D eigenvalue weighted by Gasteiger charge is -2.18. The molecule has 0 saturated carbocycles. The van der Waals surface area contributed by atoms with Gasteiger partial charge in [-0.1, -0.05) is 5.16 Å². The van der Waals surface area contributed by atoms with Crippen LogP contribution in [0.5, 0.6) is 0 Å². The van der Waals surface area contributed by atoms with Crippen molar-refractivity contribution in [2.24, 2.45) is 5.16 Å². The Labute approximate surface area is 118 Å². The van der Waals surface area contributed by atoms with Crippen LogP contribution in [0.1, 0.15) is 26.5 Å². The molecule has 0 aliphatic heterocycles. The fraction of sp³-hybridized carbons (Fsp3) is 0.455. The maximum Gasteiger partial charge on any atom is 0.347 e. The number of carbonyl (C=O) groups is 2. The molecule has 0 bridgehead atoms. The zero-order valence-electron chi connectivity index (χ0n) is 11.3. The lowest BCUT2D eigenvalue weighted by molar-refractivity contribution is -0.294. The molecule has 1 unspecified atom stereocenters. The highest BCUT2D eigenvalue weighted by molar-refractivity contribution is 7.28. The van der Waals surface area contributed by atoms with Crippen LogP contribution in [0, 0.1) is 0 Å². The lowest BCUT2D eigenvalue weighted by Crippen LogP contribution is -2.33. The minimum absolute atomic E-state index is 0.0417. The topological polar surface area (TPSA) is 127 Å². The summed E-state index contributed by atoms with van der Waals surface area (Å²) in [6, 6.07) is 0. The minimum Gasteiger partial charge on any atom is -0.543 e. The van der Waals surface area contributed by atoms with Gasteiger partial charge in [-0.15, -0.1) is 5.14 Å². The zero-order chi connectivity index (χ0) is 15.3. The predicted molar refractivity (Wildman–Crippen MR) is 70.2 cm³/mol. The summed E-state index contributed by atoms with van der Waals surface area (Å²) in [4.78, 5) is 30.7. The number of rotatable bonds is 5. The third-order valence-corrected chi connectivity index (χ3v) is 2.60. The van der Waals surface area contributed by atoms with Crippen LogP contribution < -0.4 is 10.2 Å². The molecule has 1 atom stereocenters. The van der Waals surface area contributed by atoms with Crippen molar-refractivity contribution in [3.05, 3.63) is 16.6 Å². The van der Waals surface area contributed by atoms with Crippen molar-refractivity contribution in [1.29, 1.82) is 0 Å². The number of esters is 1. The van der Waals surface area contributed by atoms with Crippen molar-refractivity contribution in [1.82, 2.24) is 4.98 Å². The lowest BCUT2D eigenvalue weighted by atomic mass is 10.2. The molecule has 2 N–H and O–H groups in total. The molecule has 1 rings (SSSR count). The molecule has 9 heteroatoms. The summed E-state index contributed by atoms with van der Waals surface area (Å²) in [5.74, 6) is -2.24. The number of hydrogen-bond donors (Lipinski definition) is 1. The van der Waals surface area contributed by atoms with Gasteiger partial charge in [-0.2, -0.15) is 4.98 Å². The van der Waals surface area contributed by atoms with Gasteiger partial charge in [0.1, 0.15) is 5.60 Å². The third-order valence-electron chi connectivity index (χ3n) is 1.76. The fourth-order valence-electron chi connectivity index (χ4n) is 1.13. The molecule has 1 aromatic rings. The van der Waals surface area contributed by atoms with E-state index in [4.69, 9.17) is 9.88 Å². The van der Waals surface area contributed by atoms with Gasteiger partial charge in [0, 0.05) is 0 Å². The molecule has 20 heavy (non-hydrogen) atoms. The highest BCUT2D eigenvalue weighted by atomic mass is 32.2. The Morgan fingerprint density at radius 1 is 1.50 bits per heavy atom.